The van der Waals surface area contributed by atoms with Crippen molar-refractivity contribution in [1.29, 1.82) is 0 Å². The van der Waals surface area contributed by atoms with Gasteiger partial charge in [0.1, 0.15) is 10.1 Å². The van der Waals surface area contributed by atoms with Crippen LogP contribution < -0.4 is 10.1 Å². The Morgan fingerprint density at radius 1 is 1.14 bits per heavy atom. The van der Waals surface area contributed by atoms with Crippen molar-refractivity contribution in [3.63, 3.8) is 0 Å². The molecule has 1 aliphatic rings. The molecule has 1 heterocycles. The molecule has 1 aliphatic carbocycles. The topological polar surface area (TPSA) is 112 Å². The van der Waals surface area contributed by atoms with Crippen LogP contribution in [0, 0.1) is 6.92 Å². The van der Waals surface area contributed by atoms with Crippen LogP contribution in [-0.2, 0) is 30.6 Å². The lowest BCUT2D eigenvalue weighted by Crippen LogP contribution is -2.26. The normalized spacial score (nSPS) is 14.2. The third-order valence-electron chi connectivity index (χ3n) is 5.48. The van der Waals surface area contributed by atoms with Crippen molar-refractivity contribution in [2.75, 3.05) is 11.9 Å². The van der Waals surface area contributed by atoms with E-state index in [-0.39, 0.29) is 32.6 Å². The summed E-state index contributed by atoms with van der Waals surface area (Å²) >= 11 is 7.23. The summed E-state index contributed by atoms with van der Waals surface area (Å²) < 4.78 is 36.3. The van der Waals surface area contributed by atoms with Gasteiger partial charge in [-0.1, -0.05) is 52.8 Å². The number of aryl methyl sites for hydroxylation is 1. The fourth-order valence-corrected chi connectivity index (χ4v) is 6.14. The molecule has 0 radical (unpaired) electrons. The first-order valence-electron chi connectivity index (χ1n) is 11.4. The van der Waals surface area contributed by atoms with E-state index in [2.05, 4.69) is 10.3 Å². The van der Waals surface area contributed by atoms with Crippen LogP contribution in [0.15, 0.2) is 53.4 Å². The van der Waals surface area contributed by atoms with Gasteiger partial charge in [-0.15, -0.1) is 0 Å². The number of benzene rings is 2. The third kappa shape index (κ3) is 6.24. The summed E-state index contributed by atoms with van der Waals surface area (Å²) in [5.41, 5.74) is 1.81. The number of rotatable bonds is 10. The van der Waals surface area contributed by atoms with Crippen molar-refractivity contribution in [2.24, 2.45) is 0 Å². The second-order valence-corrected chi connectivity index (χ2v) is 12.2. The number of hydrogen-bond acceptors (Lipinski definition) is 8. The van der Waals surface area contributed by atoms with Gasteiger partial charge in [0.05, 0.1) is 28.9 Å². The molecule has 1 fully saturated rings. The summed E-state index contributed by atoms with van der Waals surface area (Å²) in [6.07, 6.45) is 0.126. The Morgan fingerprint density at radius 3 is 2.42 bits per heavy atom. The number of nitrogens with zero attached hydrogens (tertiary/aromatic N) is 1. The maximum Gasteiger partial charge on any atom is 0.311 e. The second-order valence-electron chi connectivity index (χ2n) is 8.33. The van der Waals surface area contributed by atoms with Gasteiger partial charge in [-0.05, 0) is 51.0 Å². The van der Waals surface area contributed by atoms with Crippen molar-refractivity contribution in [1.82, 2.24) is 4.98 Å². The van der Waals surface area contributed by atoms with Gasteiger partial charge in [-0.25, -0.2) is 13.4 Å². The number of nitrogens with one attached hydrogen (secondary N) is 1. The molecule has 1 N–H and O–H groups in total. The number of hydrogen-bond donors (Lipinski definition) is 1. The zero-order chi connectivity index (χ0) is 25.9. The van der Waals surface area contributed by atoms with Gasteiger partial charge in [-0.3, -0.25) is 14.9 Å². The summed E-state index contributed by atoms with van der Waals surface area (Å²) in [6, 6.07) is 13.4. The lowest BCUT2D eigenvalue weighted by molar-refractivity contribution is -0.142. The molecule has 190 valence electrons. The molecule has 0 spiro atoms. The van der Waals surface area contributed by atoms with Gasteiger partial charge >= 0.3 is 5.97 Å². The highest BCUT2D eigenvalue weighted by atomic mass is 35.5. The van der Waals surface area contributed by atoms with Crippen molar-refractivity contribution in [3.8, 4) is 5.75 Å². The number of sulfone groups is 1. The highest BCUT2D eigenvalue weighted by molar-refractivity contribution is 7.92. The molecule has 8 nitrogen and oxygen atoms in total. The van der Waals surface area contributed by atoms with Crippen LogP contribution in [0.1, 0.15) is 42.7 Å². The molecule has 2 aromatic carbocycles. The zero-order valence-corrected chi connectivity index (χ0v) is 22.1. The molecule has 1 atom stereocenters. The lowest BCUT2D eigenvalue weighted by Gasteiger charge is -2.19. The van der Waals surface area contributed by atoms with Crippen molar-refractivity contribution < 1.29 is 27.5 Å². The van der Waals surface area contributed by atoms with E-state index in [0.29, 0.717) is 29.8 Å². The van der Waals surface area contributed by atoms with E-state index >= 15 is 0 Å². The van der Waals surface area contributed by atoms with Gasteiger partial charge in [0, 0.05) is 5.56 Å². The molecule has 3 aromatic rings. The average Bonchev–Trinajstić information content (AvgIpc) is 3.65. The number of esters is 1. The quantitative estimate of drug-likeness (QED) is 0.358. The van der Waals surface area contributed by atoms with Crippen LogP contribution in [0.2, 0.25) is 4.34 Å². The average molecular weight is 549 g/mol. The van der Waals surface area contributed by atoms with E-state index in [9.17, 15) is 18.0 Å². The summed E-state index contributed by atoms with van der Waals surface area (Å²) in [5.74, 6) is -0.526. The first kappa shape index (κ1) is 26.1. The third-order valence-corrected chi connectivity index (χ3v) is 9.01. The molecule has 11 heteroatoms. The summed E-state index contributed by atoms with van der Waals surface area (Å²) in [7, 11) is -3.36. The maximum absolute atomic E-state index is 13.3. The van der Waals surface area contributed by atoms with Gasteiger partial charge in [0.15, 0.2) is 15.0 Å². The number of amides is 1. The van der Waals surface area contributed by atoms with Crippen LogP contribution in [0.25, 0.3) is 0 Å². The molecule has 0 aliphatic heterocycles. The minimum Gasteiger partial charge on any atom is -0.476 e. The first-order valence-corrected chi connectivity index (χ1v) is 14.1. The molecule has 1 unspecified atom stereocenters. The van der Waals surface area contributed by atoms with Gasteiger partial charge < -0.3 is 9.47 Å². The number of carbonyl (C=O) groups excluding carboxylic acids is 2. The Labute approximate surface area is 218 Å². The minimum atomic E-state index is -3.36. The highest BCUT2D eigenvalue weighted by Crippen LogP contribution is 2.35. The van der Waals surface area contributed by atoms with Crippen LogP contribution in [0.3, 0.4) is 0 Å². The molecule has 1 saturated carbocycles. The minimum absolute atomic E-state index is 0.112. The van der Waals surface area contributed by atoms with Gasteiger partial charge in [0.2, 0.25) is 6.10 Å². The number of halogens is 1. The largest absolute Gasteiger partial charge is 0.476 e. The number of ether oxygens (including phenoxy) is 2. The van der Waals surface area contributed by atoms with Crippen LogP contribution in [-0.4, -0.2) is 37.1 Å². The number of aromatic nitrogens is 1. The zero-order valence-electron chi connectivity index (χ0n) is 19.7. The Bertz CT molecular complexity index is 1350. The lowest BCUT2D eigenvalue weighted by atomic mass is 10.1. The monoisotopic (exact) mass is 548 g/mol. The van der Waals surface area contributed by atoms with Crippen molar-refractivity contribution >= 4 is 49.8 Å². The smallest absolute Gasteiger partial charge is 0.311 e. The van der Waals surface area contributed by atoms with E-state index < -0.39 is 27.8 Å². The maximum atomic E-state index is 13.3. The Balaban J connectivity index is 1.57. The Hall–Kier alpha value is -2.95. The predicted molar refractivity (Wildman–Crippen MR) is 137 cm³/mol. The first-order chi connectivity index (χ1) is 17.2. The van der Waals surface area contributed by atoms with E-state index in [1.54, 1.807) is 31.2 Å². The molecular weight excluding hydrogens is 524 g/mol. The van der Waals surface area contributed by atoms with Gasteiger partial charge in [-0.2, -0.15) is 0 Å². The predicted octanol–water partition coefficient (Wildman–Crippen LogP) is 4.91. The SMILES string of the molecule is CCOC(=O)Cc1nc(NC(=O)C(Oc2ccc(C)cc2)c2ccc(S(=O)(=O)C3CC3)cc2)sc1Cl. The van der Waals surface area contributed by atoms with Crippen LogP contribution in [0.5, 0.6) is 5.75 Å². The van der Waals surface area contributed by atoms with E-state index in [1.807, 2.05) is 19.1 Å². The Kier molecular flexibility index (Phi) is 7.97. The van der Waals surface area contributed by atoms with E-state index in [1.165, 1.54) is 12.1 Å². The fourth-order valence-electron chi connectivity index (χ4n) is 3.44. The summed E-state index contributed by atoms with van der Waals surface area (Å²) in [4.78, 5) is 29.6. The Morgan fingerprint density at radius 2 is 1.81 bits per heavy atom. The number of carbonyl (C=O) groups is 2. The molecular formula is C25H25ClN2O6S2. The summed E-state index contributed by atoms with van der Waals surface area (Å²) in [6.45, 7) is 3.88. The van der Waals surface area contributed by atoms with Gasteiger partial charge in [0.25, 0.3) is 5.91 Å². The molecule has 0 bridgehead atoms. The van der Waals surface area contributed by atoms with Crippen LogP contribution in [0.4, 0.5) is 5.13 Å². The van der Waals surface area contributed by atoms with E-state index in [0.717, 1.165) is 16.9 Å². The second kappa shape index (κ2) is 11.0. The van der Waals surface area contributed by atoms with Crippen molar-refractivity contribution in [3.05, 3.63) is 69.7 Å². The number of thiazole rings is 1. The molecule has 1 aromatic heterocycles. The van der Waals surface area contributed by atoms with Crippen molar-refractivity contribution in [2.45, 2.75) is 49.4 Å². The standard InChI is InChI=1S/C25H25ClN2O6S2/c1-3-33-21(29)14-20-23(26)35-25(27-20)28-24(30)22(34-17-8-4-15(2)5-9-17)16-6-10-18(11-7-16)36(31,32)19-12-13-19/h4-11,19,22H,3,12-14H2,1-2H3,(H,27,28,30). The molecule has 0 saturated heterocycles. The van der Waals surface area contributed by atoms with E-state index in [4.69, 9.17) is 21.1 Å². The number of anilines is 1. The fraction of sp³-hybridized carbons (Fsp3) is 0.320. The molecule has 4 rings (SSSR count). The van der Waals surface area contributed by atoms with Crippen LogP contribution >= 0.6 is 22.9 Å². The summed E-state index contributed by atoms with van der Waals surface area (Å²) in [5, 5.41) is 2.57. The molecule has 36 heavy (non-hydrogen) atoms. The highest BCUT2D eigenvalue weighted by Gasteiger charge is 2.37. The molecule has 1 amide bonds.